The molecule has 1 aliphatic carbocycles. The number of likely N-dealkylation sites (tertiary alicyclic amines) is 1. The first-order valence-corrected chi connectivity index (χ1v) is 14.2. The van der Waals surface area contributed by atoms with Crippen LogP contribution in [-0.4, -0.2) is 52.8 Å². The van der Waals surface area contributed by atoms with Crippen LogP contribution in [0.2, 0.25) is 0 Å². The van der Waals surface area contributed by atoms with E-state index >= 15 is 0 Å². The van der Waals surface area contributed by atoms with Crippen LogP contribution in [-0.2, 0) is 16.1 Å². The number of carbonyl (C=O) groups is 3. The third-order valence-corrected chi connectivity index (χ3v) is 8.72. The van der Waals surface area contributed by atoms with E-state index < -0.39 is 5.54 Å². The molecule has 9 heteroatoms. The van der Waals surface area contributed by atoms with E-state index in [0.717, 1.165) is 67.3 Å². The molecule has 7 nitrogen and oxygen atoms in total. The molecule has 0 radical (unpaired) electrons. The third kappa shape index (κ3) is 6.41. The average molecular weight is 604 g/mol. The molecule has 0 bridgehead atoms. The lowest BCUT2D eigenvalue weighted by Crippen LogP contribution is -2.55. The van der Waals surface area contributed by atoms with E-state index in [1.165, 1.54) is 4.90 Å². The van der Waals surface area contributed by atoms with Gasteiger partial charge >= 0.3 is 6.03 Å². The zero-order valence-corrected chi connectivity index (χ0v) is 23.9. The minimum absolute atomic E-state index is 0. The Hall–Kier alpha value is -2.42. The molecule has 1 unspecified atom stereocenters. The number of amides is 4. The van der Waals surface area contributed by atoms with Crippen molar-refractivity contribution in [3.8, 4) is 0 Å². The van der Waals surface area contributed by atoms with Crippen LogP contribution >= 0.6 is 28.3 Å². The number of carbonyl (C=O) groups excluding carboxylic acids is 3. The van der Waals surface area contributed by atoms with E-state index in [2.05, 4.69) is 43.6 Å². The fraction of sp³-hybridized carbons (Fsp3) is 0.483. The van der Waals surface area contributed by atoms with Crippen LogP contribution in [0.1, 0.15) is 62.1 Å². The molecule has 5 rings (SSSR count). The van der Waals surface area contributed by atoms with Gasteiger partial charge in [0.25, 0.3) is 5.91 Å². The van der Waals surface area contributed by atoms with Gasteiger partial charge in [-0.2, -0.15) is 0 Å². The maximum atomic E-state index is 13.3. The van der Waals surface area contributed by atoms with E-state index in [9.17, 15) is 14.4 Å². The number of hydrogen-bond acceptors (Lipinski definition) is 4. The molecule has 2 heterocycles. The predicted octanol–water partition coefficient (Wildman–Crippen LogP) is 5.20. The van der Waals surface area contributed by atoms with Crippen molar-refractivity contribution in [1.82, 2.24) is 20.4 Å². The number of nitrogens with zero attached hydrogens (tertiary/aromatic N) is 2. The summed E-state index contributed by atoms with van der Waals surface area (Å²) in [6.45, 7) is 2.57. The fourth-order valence-electron chi connectivity index (χ4n) is 5.89. The van der Waals surface area contributed by atoms with Crippen molar-refractivity contribution in [2.24, 2.45) is 5.92 Å². The molecule has 4 amide bonds. The van der Waals surface area contributed by atoms with Crippen molar-refractivity contribution in [2.75, 3.05) is 19.6 Å². The van der Waals surface area contributed by atoms with Crippen LogP contribution < -0.4 is 10.6 Å². The molecule has 1 saturated carbocycles. The highest BCUT2D eigenvalue weighted by atomic mass is 79.9. The molecule has 1 spiro atoms. The third-order valence-electron chi connectivity index (χ3n) is 8.19. The molecule has 1 atom stereocenters. The topological polar surface area (TPSA) is 81.8 Å². The quantitative estimate of drug-likeness (QED) is 0.407. The summed E-state index contributed by atoms with van der Waals surface area (Å²) >= 11 is 3.42. The summed E-state index contributed by atoms with van der Waals surface area (Å²) in [6, 6.07) is 17.5. The summed E-state index contributed by atoms with van der Waals surface area (Å²) in [5.41, 5.74) is 1.25. The Bertz CT molecular complexity index is 1120. The molecular formula is C29H36BrClN4O3. The molecule has 2 aliphatic heterocycles. The summed E-state index contributed by atoms with van der Waals surface area (Å²) in [7, 11) is 0. The number of hydrogen-bond donors (Lipinski definition) is 2. The minimum Gasteiger partial charge on any atom is -0.349 e. The van der Waals surface area contributed by atoms with Crippen LogP contribution in [0.25, 0.3) is 0 Å². The van der Waals surface area contributed by atoms with Crippen molar-refractivity contribution >= 4 is 46.2 Å². The Morgan fingerprint density at radius 3 is 2.34 bits per heavy atom. The maximum absolute atomic E-state index is 13.3. The first kappa shape index (κ1) is 28.6. The SMILES string of the molecule is Cl.O=C(NC(CCN1CCC2(CC1)NC(=O)N(Cc1ccc(Br)cc1)C2=O)c1ccccc1)C1CCCC1. The lowest BCUT2D eigenvalue weighted by Gasteiger charge is -2.38. The normalized spacial score (nSPS) is 20.3. The Labute approximate surface area is 239 Å². The van der Waals surface area contributed by atoms with Crippen molar-refractivity contribution in [2.45, 2.75) is 63.1 Å². The highest BCUT2D eigenvalue weighted by molar-refractivity contribution is 9.10. The predicted molar refractivity (Wildman–Crippen MR) is 153 cm³/mol. The molecule has 38 heavy (non-hydrogen) atoms. The van der Waals surface area contributed by atoms with Crippen LogP contribution in [0.5, 0.6) is 0 Å². The molecule has 0 aromatic heterocycles. The van der Waals surface area contributed by atoms with E-state index in [1.54, 1.807) is 0 Å². The van der Waals surface area contributed by atoms with Gasteiger partial charge in [-0.15, -0.1) is 12.4 Å². The molecule has 2 aromatic carbocycles. The molecular weight excluding hydrogens is 568 g/mol. The summed E-state index contributed by atoms with van der Waals surface area (Å²) in [5, 5.41) is 6.34. The molecule has 3 aliphatic rings. The van der Waals surface area contributed by atoms with Crippen LogP contribution in [0.15, 0.2) is 59.1 Å². The van der Waals surface area contributed by atoms with Crippen LogP contribution in [0.4, 0.5) is 4.79 Å². The number of urea groups is 1. The van der Waals surface area contributed by atoms with E-state index in [0.29, 0.717) is 12.8 Å². The van der Waals surface area contributed by atoms with Gasteiger partial charge in [0, 0.05) is 30.0 Å². The average Bonchev–Trinajstić information content (AvgIpc) is 3.53. The number of halogens is 2. The lowest BCUT2D eigenvalue weighted by atomic mass is 9.87. The number of piperidine rings is 1. The zero-order chi connectivity index (χ0) is 25.8. The molecule has 3 fully saturated rings. The largest absolute Gasteiger partial charge is 0.349 e. The zero-order valence-electron chi connectivity index (χ0n) is 21.5. The number of nitrogens with one attached hydrogen (secondary N) is 2. The second-order valence-electron chi connectivity index (χ2n) is 10.6. The van der Waals surface area contributed by atoms with Crippen LogP contribution in [0.3, 0.4) is 0 Å². The van der Waals surface area contributed by atoms with Gasteiger partial charge in [-0.1, -0.05) is 71.2 Å². The van der Waals surface area contributed by atoms with Gasteiger partial charge in [0.1, 0.15) is 5.54 Å². The standard InChI is InChI=1S/C29H35BrN4O3.ClH/c30-24-12-10-21(11-13-24)20-34-27(36)29(32-28(34)37)15-18-33(19-16-29)17-14-25(22-6-2-1-3-7-22)31-26(35)23-8-4-5-9-23;/h1-3,6-7,10-13,23,25H,4-5,8-9,14-20H2,(H,31,35)(H,32,37);1H. The van der Waals surface area contributed by atoms with E-state index in [1.807, 2.05) is 42.5 Å². The van der Waals surface area contributed by atoms with Crippen molar-refractivity contribution in [3.05, 3.63) is 70.2 Å². The summed E-state index contributed by atoms with van der Waals surface area (Å²) in [4.78, 5) is 42.6. The number of rotatable bonds is 8. The van der Waals surface area contributed by atoms with Gasteiger partial charge in [-0.25, -0.2) is 4.79 Å². The second kappa shape index (κ2) is 12.6. The molecule has 204 valence electrons. The molecule has 2 N–H and O–H groups in total. The lowest BCUT2D eigenvalue weighted by molar-refractivity contribution is -0.133. The number of benzene rings is 2. The van der Waals surface area contributed by atoms with Crippen LogP contribution in [0, 0.1) is 5.92 Å². The summed E-state index contributed by atoms with van der Waals surface area (Å²) in [6.07, 6.45) is 6.25. The molecule has 2 saturated heterocycles. The van der Waals surface area contributed by atoms with Gasteiger partial charge in [-0.3, -0.25) is 14.5 Å². The summed E-state index contributed by atoms with van der Waals surface area (Å²) in [5.74, 6) is 0.193. The first-order chi connectivity index (χ1) is 17.9. The Balaban J connectivity index is 0.00000336. The fourth-order valence-corrected chi connectivity index (χ4v) is 6.15. The van der Waals surface area contributed by atoms with Gasteiger partial charge in [0.15, 0.2) is 0 Å². The summed E-state index contributed by atoms with van der Waals surface area (Å²) < 4.78 is 0.963. The van der Waals surface area contributed by atoms with Gasteiger partial charge in [-0.05, 0) is 55.4 Å². The minimum atomic E-state index is -0.807. The van der Waals surface area contributed by atoms with Gasteiger partial charge in [0.05, 0.1) is 12.6 Å². The Kier molecular flexibility index (Phi) is 9.50. The van der Waals surface area contributed by atoms with Gasteiger partial charge < -0.3 is 15.5 Å². The highest BCUT2D eigenvalue weighted by Gasteiger charge is 2.52. The monoisotopic (exact) mass is 602 g/mol. The van der Waals surface area contributed by atoms with Crippen molar-refractivity contribution in [1.29, 1.82) is 0 Å². The Morgan fingerprint density at radius 1 is 1.03 bits per heavy atom. The second-order valence-corrected chi connectivity index (χ2v) is 11.5. The van der Waals surface area contributed by atoms with E-state index in [4.69, 9.17) is 0 Å². The van der Waals surface area contributed by atoms with Crippen molar-refractivity contribution in [3.63, 3.8) is 0 Å². The van der Waals surface area contributed by atoms with E-state index in [-0.39, 0.29) is 48.8 Å². The Morgan fingerprint density at radius 2 is 1.68 bits per heavy atom. The first-order valence-electron chi connectivity index (χ1n) is 13.4. The number of imide groups is 1. The highest BCUT2D eigenvalue weighted by Crippen LogP contribution is 2.31. The van der Waals surface area contributed by atoms with Crippen molar-refractivity contribution < 1.29 is 14.4 Å². The van der Waals surface area contributed by atoms with Gasteiger partial charge in [0.2, 0.25) is 5.91 Å². The smallest absolute Gasteiger partial charge is 0.325 e. The maximum Gasteiger partial charge on any atom is 0.325 e. The molecule has 2 aromatic rings.